The molecule has 5 aliphatic rings. The molecular formula is C50H42N4. The Kier molecular flexibility index (Phi) is 9.04. The van der Waals surface area contributed by atoms with Gasteiger partial charge in [0.15, 0.2) is 0 Å². The topological polar surface area (TPSA) is 62.9 Å². The Balaban J connectivity index is 1.09. The van der Waals surface area contributed by atoms with Gasteiger partial charge in [0.25, 0.3) is 0 Å². The number of fused-ring (bicyclic) bond motifs is 3. The summed E-state index contributed by atoms with van der Waals surface area (Å²) in [6.07, 6.45) is 31.1. The van der Waals surface area contributed by atoms with Crippen LogP contribution in [0.4, 0.5) is 17.1 Å². The Morgan fingerprint density at radius 3 is 2.22 bits per heavy atom. The molecule has 0 saturated carbocycles. The van der Waals surface area contributed by atoms with Gasteiger partial charge in [-0.05, 0) is 101 Å². The SMILES string of the molecule is N#Cc1ccc(N2C3C=CC=CC3C3=CCCC(C4C=CC=CC4c4ccccc4C4=CC=CCC4c4ccccc4Nc4ccccc4C#N)C32)cc1. The van der Waals surface area contributed by atoms with Crippen LogP contribution in [0.2, 0.25) is 0 Å². The Labute approximate surface area is 318 Å². The molecule has 4 nitrogen and oxygen atoms in total. The molecule has 0 amide bonds. The van der Waals surface area contributed by atoms with Crippen molar-refractivity contribution in [3.63, 3.8) is 0 Å². The van der Waals surface area contributed by atoms with Gasteiger partial charge in [-0.25, -0.2) is 0 Å². The van der Waals surface area contributed by atoms with Gasteiger partial charge in [-0.1, -0.05) is 128 Å². The normalized spacial score (nSPS) is 26.3. The standard InChI is InChI=1S/C50H42N4/c51-32-34-28-30-36(31-29-34)54-49-27-12-9-22-44(49)46-24-13-23-45(50(46)54)42-20-7-5-18-40(42)38-16-3-2-15-37(38)39-17-4-6-19-41(39)43-21-8-11-26-48(43)53-47-25-10-1-14-35(47)33-52/h1-12,14-18,20-22,24-31,40-42,44-45,49-50,53H,13,19,23H2. The van der Waals surface area contributed by atoms with Gasteiger partial charge in [-0.3, -0.25) is 0 Å². The number of para-hydroxylation sites is 2. The maximum Gasteiger partial charge on any atom is 0.101 e. The zero-order valence-electron chi connectivity index (χ0n) is 30.2. The van der Waals surface area contributed by atoms with Crippen molar-refractivity contribution in [1.82, 2.24) is 0 Å². The maximum absolute atomic E-state index is 9.83. The molecule has 4 aromatic carbocycles. The molecule has 1 heterocycles. The minimum Gasteiger partial charge on any atom is -0.357 e. The van der Waals surface area contributed by atoms with Crippen LogP contribution in [-0.4, -0.2) is 12.1 Å². The molecule has 54 heavy (non-hydrogen) atoms. The third kappa shape index (κ3) is 5.95. The zero-order valence-corrected chi connectivity index (χ0v) is 30.2. The number of allylic oxidation sites excluding steroid dienone is 11. The Morgan fingerprint density at radius 2 is 1.39 bits per heavy atom. The number of anilines is 3. The number of rotatable bonds is 7. The summed E-state index contributed by atoms with van der Waals surface area (Å²) in [6.45, 7) is 0. The third-order valence-electron chi connectivity index (χ3n) is 12.1. The summed E-state index contributed by atoms with van der Waals surface area (Å²) in [5.74, 6) is 1.39. The van der Waals surface area contributed by atoms with Crippen LogP contribution in [0.15, 0.2) is 176 Å². The molecular weight excluding hydrogens is 657 g/mol. The molecule has 4 aliphatic carbocycles. The van der Waals surface area contributed by atoms with Crippen LogP contribution in [0.1, 0.15) is 58.9 Å². The number of hydrogen-bond acceptors (Lipinski definition) is 4. The van der Waals surface area contributed by atoms with Gasteiger partial charge < -0.3 is 10.2 Å². The van der Waals surface area contributed by atoms with Crippen LogP contribution in [0.3, 0.4) is 0 Å². The fraction of sp³-hybridized carbons (Fsp3) is 0.200. The Morgan fingerprint density at radius 1 is 0.667 bits per heavy atom. The van der Waals surface area contributed by atoms with E-state index < -0.39 is 0 Å². The number of nitrogens with one attached hydrogen (secondary N) is 1. The molecule has 4 aromatic rings. The van der Waals surface area contributed by atoms with Gasteiger partial charge in [-0.2, -0.15) is 10.5 Å². The molecule has 7 unspecified atom stereocenters. The lowest BCUT2D eigenvalue weighted by atomic mass is 9.66. The summed E-state index contributed by atoms with van der Waals surface area (Å²) in [5.41, 5.74) is 11.1. The van der Waals surface area contributed by atoms with Gasteiger partial charge >= 0.3 is 0 Å². The van der Waals surface area contributed by atoms with E-state index in [4.69, 9.17) is 0 Å². The zero-order chi connectivity index (χ0) is 36.4. The molecule has 262 valence electrons. The first-order chi connectivity index (χ1) is 26.7. The highest BCUT2D eigenvalue weighted by atomic mass is 15.2. The second-order valence-electron chi connectivity index (χ2n) is 14.9. The second-order valence-corrected chi connectivity index (χ2v) is 14.9. The van der Waals surface area contributed by atoms with E-state index in [2.05, 4.69) is 156 Å². The van der Waals surface area contributed by atoms with Crippen LogP contribution in [-0.2, 0) is 0 Å². The highest BCUT2D eigenvalue weighted by Crippen LogP contribution is 2.53. The number of nitrogens with zero attached hydrogens (tertiary/aromatic N) is 3. The molecule has 1 N–H and O–H groups in total. The van der Waals surface area contributed by atoms with E-state index in [9.17, 15) is 10.5 Å². The van der Waals surface area contributed by atoms with Gasteiger partial charge in [-0.15, -0.1) is 0 Å². The summed E-state index contributed by atoms with van der Waals surface area (Å²) < 4.78 is 0. The Bertz CT molecular complexity index is 2370. The molecule has 1 saturated heterocycles. The highest BCUT2D eigenvalue weighted by molar-refractivity contribution is 5.80. The van der Waals surface area contributed by atoms with Crippen molar-refractivity contribution in [3.8, 4) is 12.1 Å². The number of hydrogen-bond donors (Lipinski definition) is 1. The molecule has 1 aliphatic heterocycles. The predicted octanol–water partition coefficient (Wildman–Crippen LogP) is 11.5. The van der Waals surface area contributed by atoms with Crippen LogP contribution in [0, 0.1) is 40.4 Å². The molecule has 9 rings (SSSR count). The highest BCUT2D eigenvalue weighted by Gasteiger charge is 2.50. The lowest BCUT2D eigenvalue weighted by molar-refractivity contribution is 0.297. The van der Waals surface area contributed by atoms with E-state index in [1.165, 1.54) is 28.0 Å². The van der Waals surface area contributed by atoms with Crippen molar-refractivity contribution in [2.75, 3.05) is 10.2 Å². The molecule has 0 spiro atoms. The van der Waals surface area contributed by atoms with Crippen molar-refractivity contribution in [2.45, 2.75) is 43.2 Å². The fourth-order valence-electron chi connectivity index (χ4n) is 9.81. The van der Waals surface area contributed by atoms with Gasteiger partial charge in [0, 0.05) is 29.1 Å². The first kappa shape index (κ1) is 33.5. The molecule has 0 radical (unpaired) electrons. The molecule has 0 bridgehead atoms. The summed E-state index contributed by atoms with van der Waals surface area (Å²) >= 11 is 0. The second kappa shape index (κ2) is 14.6. The van der Waals surface area contributed by atoms with Crippen molar-refractivity contribution in [3.05, 3.63) is 203 Å². The van der Waals surface area contributed by atoms with Crippen LogP contribution < -0.4 is 10.2 Å². The van der Waals surface area contributed by atoms with Gasteiger partial charge in [0.2, 0.25) is 0 Å². The fourth-order valence-corrected chi connectivity index (χ4v) is 9.81. The van der Waals surface area contributed by atoms with Crippen molar-refractivity contribution in [2.24, 2.45) is 17.8 Å². The summed E-state index contributed by atoms with van der Waals surface area (Å²) in [4.78, 5) is 2.66. The van der Waals surface area contributed by atoms with E-state index in [1.54, 1.807) is 5.57 Å². The van der Waals surface area contributed by atoms with E-state index in [1.807, 2.05) is 36.4 Å². The summed E-state index contributed by atoms with van der Waals surface area (Å²) in [5, 5.41) is 23.0. The Hall–Kier alpha value is -6.36. The summed E-state index contributed by atoms with van der Waals surface area (Å²) in [6, 6.07) is 38.8. The van der Waals surface area contributed by atoms with E-state index in [-0.39, 0.29) is 23.9 Å². The first-order valence-corrected chi connectivity index (χ1v) is 19.2. The maximum atomic E-state index is 9.83. The summed E-state index contributed by atoms with van der Waals surface area (Å²) in [7, 11) is 0. The third-order valence-corrected chi connectivity index (χ3v) is 12.1. The predicted molar refractivity (Wildman–Crippen MR) is 220 cm³/mol. The van der Waals surface area contributed by atoms with Gasteiger partial charge in [0.1, 0.15) is 6.07 Å². The first-order valence-electron chi connectivity index (χ1n) is 19.2. The smallest absolute Gasteiger partial charge is 0.101 e. The average molecular weight is 699 g/mol. The van der Waals surface area contributed by atoms with Crippen molar-refractivity contribution < 1.29 is 0 Å². The van der Waals surface area contributed by atoms with Crippen LogP contribution in [0.5, 0.6) is 0 Å². The van der Waals surface area contributed by atoms with E-state index in [0.717, 1.165) is 30.6 Å². The molecule has 7 atom stereocenters. The van der Waals surface area contributed by atoms with Crippen LogP contribution >= 0.6 is 0 Å². The number of nitriles is 2. The average Bonchev–Trinajstić information content (AvgIpc) is 3.59. The van der Waals surface area contributed by atoms with E-state index >= 15 is 0 Å². The van der Waals surface area contributed by atoms with Gasteiger partial charge in [0.05, 0.1) is 35.0 Å². The van der Waals surface area contributed by atoms with Crippen molar-refractivity contribution >= 4 is 22.6 Å². The number of benzene rings is 4. The monoisotopic (exact) mass is 698 g/mol. The minimum atomic E-state index is 0.142. The lowest BCUT2D eigenvalue weighted by Gasteiger charge is -2.43. The molecule has 1 fully saturated rings. The molecule has 0 aromatic heterocycles. The quantitative estimate of drug-likeness (QED) is 0.195. The van der Waals surface area contributed by atoms with E-state index in [0.29, 0.717) is 28.9 Å². The largest absolute Gasteiger partial charge is 0.357 e. The minimum absolute atomic E-state index is 0.142. The molecule has 4 heteroatoms. The van der Waals surface area contributed by atoms with Crippen LogP contribution in [0.25, 0.3) is 5.57 Å². The lowest BCUT2D eigenvalue weighted by Crippen LogP contribution is -2.45. The van der Waals surface area contributed by atoms with Crippen molar-refractivity contribution in [1.29, 1.82) is 10.5 Å².